The van der Waals surface area contributed by atoms with Gasteiger partial charge in [-0.2, -0.15) is 0 Å². The lowest BCUT2D eigenvalue weighted by Gasteiger charge is -2.22. The first-order valence-corrected chi connectivity index (χ1v) is 7.46. The number of ether oxygens (including phenoxy) is 2. The molecular weight excluding hydrogens is 298 g/mol. The van der Waals surface area contributed by atoms with Crippen LogP contribution in [0.2, 0.25) is 0 Å². The monoisotopic (exact) mass is 323 g/mol. The molecule has 1 aromatic rings. The van der Waals surface area contributed by atoms with Crippen molar-refractivity contribution in [2.45, 2.75) is 46.1 Å². The van der Waals surface area contributed by atoms with Crippen LogP contribution in [0.15, 0.2) is 18.2 Å². The van der Waals surface area contributed by atoms with Crippen molar-refractivity contribution in [3.8, 4) is 5.75 Å². The minimum absolute atomic E-state index is 0.127. The SMILES string of the molecule is COc1ccc(NC(=O)OC(C)(C)C)cc1C(C(=O)O)C(C)C. The third kappa shape index (κ3) is 5.47. The van der Waals surface area contributed by atoms with E-state index in [2.05, 4.69) is 5.32 Å². The fourth-order valence-electron chi connectivity index (χ4n) is 2.25. The molecule has 1 amide bonds. The van der Waals surface area contributed by atoms with E-state index in [9.17, 15) is 14.7 Å². The number of carbonyl (C=O) groups is 2. The molecule has 1 atom stereocenters. The first-order valence-electron chi connectivity index (χ1n) is 7.46. The van der Waals surface area contributed by atoms with Gasteiger partial charge in [0.1, 0.15) is 11.4 Å². The second-order valence-electron chi connectivity index (χ2n) is 6.64. The van der Waals surface area contributed by atoms with Crippen LogP contribution in [0, 0.1) is 5.92 Å². The number of hydrogen-bond acceptors (Lipinski definition) is 4. The number of carboxylic acids is 1. The third-order valence-corrected chi connectivity index (χ3v) is 3.14. The summed E-state index contributed by atoms with van der Waals surface area (Å²) in [4.78, 5) is 23.4. The van der Waals surface area contributed by atoms with Crippen molar-refractivity contribution in [3.05, 3.63) is 23.8 Å². The normalized spacial score (nSPS) is 12.7. The molecule has 1 rings (SSSR count). The van der Waals surface area contributed by atoms with E-state index in [4.69, 9.17) is 9.47 Å². The maximum atomic E-state index is 11.9. The van der Waals surface area contributed by atoms with E-state index in [0.29, 0.717) is 17.0 Å². The van der Waals surface area contributed by atoms with Crippen LogP contribution < -0.4 is 10.1 Å². The molecule has 1 unspecified atom stereocenters. The highest BCUT2D eigenvalue weighted by Gasteiger charge is 2.27. The molecule has 128 valence electrons. The van der Waals surface area contributed by atoms with E-state index in [-0.39, 0.29) is 5.92 Å². The zero-order valence-corrected chi connectivity index (χ0v) is 14.5. The first kappa shape index (κ1) is 18.8. The number of rotatable bonds is 5. The minimum atomic E-state index is -0.937. The third-order valence-electron chi connectivity index (χ3n) is 3.14. The summed E-state index contributed by atoms with van der Waals surface area (Å²) in [5.74, 6) is -1.32. The van der Waals surface area contributed by atoms with Crippen LogP contribution in [0.4, 0.5) is 10.5 Å². The molecule has 0 aromatic heterocycles. The molecule has 0 aliphatic heterocycles. The molecule has 0 spiro atoms. The predicted octanol–water partition coefficient (Wildman–Crippen LogP) is 3.87. The highest BCUT2D eigenvalue weighted by Crippen LogP contribution is 2.34. The lowest BCUT2D eigenvalue weighted by atomic mass is 9.87. The maximum absolute atomic E-state index is 11.9. The van der Waals surface area contributed by atoms with Gasteiger partial charge in [-0.3, -0.25) is 10.1 Å². The second-order valence-corrected chi connectivity index (χ2v) is 6.64. The largest absolute Gasteiger partial charge is 0.496 e. The van der Waals surface area contributed by atoms with Crippen LogP contribution in [0.3, 0.4) is 0 Å². The number of anilines is 1. The average Bonchev–Trinajstić information content (AvgIpc) is 2.35. The summed E-state index contributed by atoms with van der Waals surface area (Å²) in [5.41, 5.74) is 0.367. The molecule has 0 saturated carbocycles. The van der Waals surface area contributed by atoms with Gasteiger partial charge in [0.05, 0.1) is 13.0 Å². The van der Waals surface area contributed by atoms with Crippen molar-refractivity contribution in [3.63, 3.8) is 0 Å². The molecule has 0 aliphatic rings. The van der Waals surface area contributed by atoms with Gasteiger partial charge in [0.15, 0.2) is 0 Å². The number of amides is 1. The van der Waals surface area contributed by atoms with Gasteiger partial charge in [0, 0.05) is 11.3 Å². The Morgan fingerprint density at radius 1 is 1.22 bits per heavy atom. The van der Waals surface area contributed by atoms with Crippen molar-refractivity contribution >= 4 is 17.7 Å². The van der Waals surface area contributed by atoms with Gasteiger partial charge in [-0.15, -0.1) is 0 Å². The summed E-state index contributed by atoms with van der Waals surface area (Å²) < 4.78 is 10.5. The van der Waals surface area contributed by atoms with Gasteiger partial charge in [-0.05, 0) is 44.9 Å². The number of aliphatic carboxylic acids is 1. The summed E-state index contributed by atoms with van der Waals surface area (Å²) in [6, 6.07) is 4.90. The molecular formula is C17H25NO5. The Labute approximate surface area is 136 Å². The molecule has 0 saturated heterocycles. The molecule has 23 heavy (non-hydrogen) atoms. The highest BCUT2D eigenvalue weighted by atomic mass is 16.6. The summed E-state index contributed by atoms with van der Waals surface area (Å²) in [5, 5.41) is 12.1. The molecule has 6 heteroatoms. The number of carboxylic acid groups (broad SMARTS) is 1. The predicted molar refractivity (Wildman–Crippen MR) is 88.1 cm³/mol. The standard InChI is InChI=1S/C17H25NO5/c1-10(2)14(15(19)20)12-9-11(7-8-13(12)22-6)18-16(21)23-17(3,4)5/h7-10,14H,1-6H3,(H,18,21)(H,19,20). The lowest BCUT2D eigenvalue weighted by Crippen LogP contribution is -2.27. The molecule has 0 fully saturated rings. The molecule has 0 heterocycles. The summed E-state index contributed by atoms with van der Waals surface area (Å²) in [6.45, 7) is 8.96. The van der Waals surface area contributed by atoms with Crippen LogP contribution in [0.25, 0.3) is 0 Å². The lowest BCUT2D eigenvalue weighted by molar-refractivity contribution is -0.139. The highest BCUT2D eigenvalue weighted by molar-refractivity contribution is 5.86. The molecule has 0 aliphatic carbocycles. The summed E-state index contributed by atoms with van der Waals surface area (Å²) >= 11 is 0. The van der Waals surface area contributed by atoms with Crippen LogP contribution in [-0.2, 0) is 9.53 Å². The van der Waals surface area contributed by atoms with Crippen molar-refractivity contribution in [2.24, 2.45) is 5.92 Å². The van der Waals surface area contributed by atoms with Crippen LogP contribution in [0.1, 0.15) is 46.1 Å². The van der Waals surface area contributed by atoms with E-state index in [1.165, 1.54) is 7.11 Å². The average molecular weight is 323 g/mol. The van der Waals surface area contributed by atoms with E-state index in [1.54, 1.807) is 39.0 Å². The van der Waals surface area contributed by atoms with E-state index in [0.717, 1.165) is 0 Å². The maximum Gasteiger partial charge on any atom is 0.412 e. The molecule has 0 radical (unpaired) electrons. The van der Waals surface area contributed by atoms with Crippen molar-refractivity contribution < 1.29 is 24.2 Å². The Hall–Kier alpha value is -2.24. The molecule has 6 nitrogen and oxygen atoms in total. The Balaban J connectivity index is 3.12. The number of hydrogen-bond donors (Lipinski definition) is 2. The van der Waals surface area contributed by atoms with E-state index < -0.39 is 23.6 Å². The topological polar surface area (TPSA) is 84.9 Å². The number of nitrogens with one attached hydrogen (secondary N) is 1. The minimum Gasteiger partial charge on any atom is -0.496 e. The zero-order chi connectivity index (χ0) is 17.8. The summed E-state index contributed by atoms with van der Waals surface area (Å²) in [6.07, 6.45) is -0.593. The van der Waals surface area contributed by atoms with Gasteiger partial charge < -0.3 is 14.6 Å². The zero-order valence-electron chi connectivity index (χ0n) is 14.5. The Morgan fingerprint density at radius 3 is 2.26 bits per heavy atom. The second kappa shape index (κ2) is 7.35. The first-order chi connectivity index (χ1) is 10.5. The molecule has 0 bridgehead atoms. The molecule has 1 aromatic carbocycles. The Morgan fingerprint density at radius 2 is 1.83 bits per heavy atom. The van der Waals surface area contributed by atoms with E-state index in [1.807, 2.05) is 13.8 Å². The van der Waals surface area contributed by atoms with Gasteiger partial charge in [0.25, 0.3) is 0 Å². The fourth-order valence-corrected chi connectivity index (χ4v) is 2.25. The fraction of sp³-hybridized carbons (Fsp3) is 0.529. The van der Waals surface area contributed by atoms with Crippen LogP contribution >= 0.6 is 0 Å². The van der Waals surface area contributed by atoms with Crippen LogP contribution in [0.5, 0.6) is 5.75 Å². The van der Waals surface area contributed by atoms with E-state index >= 15 is 0 Å². The molecule has 2 N–H and O–H groups in total. The quantitative estimate of drug-likeness (QED) is 0.859. The van der Waals surface area contributed by atoms with Crippen molar-refractivity contribution in [2.75, 3.05) is 12.4 Å². The van der Waals surface area contributed by atoms with Gasteiger partial charge >= 0.3 is 12.1 Å². The Kier molecular flexibility index (Phi) is 6.01. The van der Waals surface area contributed by atoms with Gasteiger partial charge in [-0.25, -0.2) is 4.79 Å². The van der Waals surface area contributed by atoms with Gasteiger partial charge in [0.2, 0.25) is 0 Å². The smallest absolute Gasteiger partial charge is 0.412 e. The van der Waals surface area contributed by atoms with Crippen LogP contribution in [-0.4, -0.2) is 29.9 Å². The van der Waals surface area contributed by atoms with Crippen molar-refractivity contribution in [1.29, 1.82) is 0 Å². The number of benzene rings is 1. The summed E-state index contributed by atoms with van der Waals surface area (Å²) in [7, 11) is 1.49. The van der Waals surface area contributed by atoms with Gasteiger partial charge in [-0.1, -0.05) is 13.8 Å². The van der Waals surface area contributed by atoms with Crippen molar-refractivity contribution in [1.82, 2.24) is 0 Å². The Bertz CT molecular complexity index is 575. The number of carbonyl (C=O) groups excluding carboxylic acids is 1. The number of methoxy groups -OCH3 is 1.